The van der Waals surface area contributed by atoms with E-state index >= 15 is 0 Å². The first kappa shape index (κ1) is 63.3. The van der Waals surface area contributed by atoms with Gasteiger partial charge in [0.15, 0.2) is 12.6 Å². The molecule has 0 radical (unpaired) electrons. The fraction of sp³-hybridized carbons (Fsp3) is 0.873. The van der Waals surface area contributed by atoms with Crippen molar-refractivity contribution < 1.29 is 64.6 Å². The lowest BCUT2D eigenvalue weighted by molar-refractivity contribution is -0.359. The second-order valence-corrected chi connectivity index (χ2v) is 19.7. The molecule has 0 aliphatic carbocycles. The van der Waals surface area contributed by atoms with E-state index in [0.29, 0.717) is 12.8 Å². The molecular formula is C55H101NO13. The summed E-state index contributed by atoms with van der Waals surface area (Å²) < 4.78 is 22.6. The number of nitrogens with one attached hydrogen (secondary N) is 1. The van der Waals surface area contributed by atoms with E-state index in [-0.39, 0.29) is 18.9 Å². The number of unbranched alkanes of at least 4 members (excludes halogenated alkanes) is 26. The van der Waals surface area contributed by atoms with Crippen LogP contribution in [0.3, 0.4) is 0 Å². The molecule has 0 aromatic carbocycles. The lowest BCUT2D eigenvalue weighted by Gasteiger charge is -2.46. The van der Waals surface area contributed by atoms with Crippen LogP contribution in [0.2, 0.25) is 0 Å². The number of carbonyl (C=O) groups is 1. The highest BCUT2D eigenvalue weighted by Gasteiger charge is 2.51. The third-order valence-electron chi connectivity index (χ3n) is 13.6. The van der Waals surface area contributed by atoms with E-state index in [1.54, 1.807) is 6.08 Å². The van der Waals surface area contributed by atoms with Crippen LogP contribution in [-0.2, 0) is 23.7 Å². The zero-order valence-corrected chi connectivity index (χ0v) is 43.1. The number of aliphatic hydroxyl groups is 8. The molecular weight excluding hydrogens is 883 g/mol. The van der Waals surface area contributed by atoms with Crippen molar-refractivity contribution in [2.75, 3.05) is 19.8 Å². The van der Waals surface area contributed by atoms with Crippen molar-refractivity contribution in [1.29, 1.82) is 0 Å². The molecule has 2 saturated heterocycles. The van der Waals surface area contributed by atoms with Gasteiger partial charge in [-0.15, -0.1) is 0 Å². The van der Waals surface area contributed by atoms with E-state index in [1.807, 2.05) is 6.08 Å². The largest absolute Gasteiger partial charge is 0.394 e. The van der Waals surface area contributed by atoms with Gasteiger partial charge in [0.2, 0.25) is 5.91 Å². The molecule has 2 heterocycles. The Bertz CT molecular complexity index is 1300. The molecule has 69 heavy (non-hydrogen) atoms. The molecule has 2 rings (SSSR count). The first-order valence-electron chi connectivity index (χ1n) is 27.7. The smallest absolute Gasteiger partial charge is 0.220 e. The average Bonchev–Trinajstić information content (AvgIpc) is 3.35. The SMILES string of the molecule is CCCCCCCCCCCCCCCCCCCC/C=C/CC/C=C/CC/C=C/C(O)C(COC1OC(CO)C(OC2OC(CO)C(O)C(O)C2O)C(O)C1O)NC(=O)CCCCCCCCC. The Morgan fingerprint density at radius 3 is 1.42 bits per heavy atom. The van der Waals surface area contributed by atoms with Crippen LogP contribution in [0.15, 0.2) is 36.5 Å². The van der Waals surface area contributed by atoms with Gasteiger partial charge in [-0.1, -0.05) is 198 Å². The quantitative estimate of drug-likeness (QED) is 0.0207. The van der Waals surface area contributed by atoms with Crippen LogP contribution >= 0.6 is 0 Å². The van der Waals surface area contributed by atoms with E-state index in [9.17, 15) is 45.6 Å². The van der Waals surface area contributed by atoms with Crippen LogP contribution in [0.25, 0.3) is 0 Å². The molecule has 2 aliphatic rings. The highest BCUT2D eigenvalue weighted by Crippen LogP contribution is 2.30. The molecule has 12 atom stereocenters. The Morgan fingerprint density at radius 1 is 0.507 bits per heavy atom. The Balaban J connectivity index is 1.71. The maximum Gasteiger partial charge on any atom is 0.220 e. The molecule has 9 N–H and O–H groups in total. The van der Waals surface area contributed by atoms with E-state index in [4.69, 9.17) is 18.9 Å². The first-order chi connectivity index (χ1) is 33.6. The lowest BCUT2D eigenvalue weighted by atomic mass is 9.97. The van der Waals surface area contributed by atoms with E-state index in [2.05, 4.69) is 43.5 Å². The maximum atomic E-state index is 13.0. The minimum Gasteiger partial charge on any atom is -0.394 e. The molecule has 0 spiro atoms. The summed E-state index contributed by atoms with van der Waals surface area (Å²) >= 11 is 0. The second-order valence-electron chi connectivity index (χ2n) is 19.7. The predicted octanol–water partition coefficient (Wildman–Crippen LogP) is 8.27. The van der Waals surface area contributed by atoms with Gasteiger partial charge in [-0.3, -0.25) is 4.79 Å². The summed E-state index contributed by atoms with van der Waals surface area (Å²) in [7, 11) is 0. The minimum absolute atomic E-state index is 0.261. The molecule has 0 bridgehead atoms. The standard InChI is InChI=1S/C55H101NO13/c1-3-5-7-9-11-12-13-14-15-16-17-18-19-20-21-22-23-24-25-26-27-28-29-30-31-33-34-36-38-44(59)43(56-47(60)39-37-35-32-10-8-6-4-2)42-66-54-52(65)50(63)53(46(41-58)68-54)69-55-51(64)49(62)48(61)45(40-57)67-55/h26-27,30-31,36,38,43-46,48-55,57-59,61-65H,3-25,28-29,32-35,37,39-42H2,1-2H3,(H,56,60)/b27-26+,31-30+,38-36+. The molecule has 14 nitrogen and oxygen atoms in total. The molecule has 14 heteroatoms. The summed E-state index contributed by atoms with van der Waals surface area (Å²) in [5.41, 5.74) is 0. The first-order valence-corrected chi connectivity index (χ1v) is 27.7. The van der Waals surface area contributed by atoms with Gasteiger partial charge in [0.25, 0.3) is 0 Å². The summed E-state index contributed by atoms with van der Waals surface area (Å²) in [5, 5.41) is 86.5. The van der Waals surface area contributed by atoms with Crippen molar-refractivity contribution in [2.24, 2.45) is 0 Å². The monoisotopic (exact) mass is 984 g/mol. The van der Waals surface area contributed by atoms with Crippen molar-refractivity contribution in [2.45, 2.75) is 286 Å². The Morgan fingerprint density at radius 2 is 0.928 bits per heavy atom. The van der Waals surface area contributed by atoms with Crippen LogP contribution in [0.4, 0.5) is 0 Å². The highest BCUT2D eigenvalue weighted by atomic mass is 16.7. The van der Waals surface area contributed by atoms with Crippen LogP contribution in [0, 0.1) is 0 Å². The number of hydrogen-bond acceptors (Lipinski definition) is 13. The van der Waals surface area contributed by atoms with Crippen molar-refractivity contribution >= 4 is 5.91 Å². The summed E-state index contributed by atoms with van der Waals surface area (Å²) in [6.07, 6.45) is 32.5. The number of rotatable bonds is 43. The summed E-state index contributed by atoms with van der Waals surface area (Å²) in [6, 6.07) is -0.932. The second kappa shape index (κ2) is 41.7. The van der Waals surface area contributed by atoms with Gasteiger partial charge < -0.3 is 65.1 Å². The van der Waals surface area contributed by atoms with Crippen LogP contribution in [0.1, 0.15) is 213 Å². The number of carbonyl (C=O) groups excluding carboxylic acids is 1. The average molecular weight is 984 g/mol. The van der Waals surface area contributed by atoms with Gasteiger partial charge in [0, 0.05) is 6.42 Å². The van der Waals surface area contributed by atoms with Crippen LogP contribution < -0.4 is 5.32 Å². The topological polar surface area (TPSA) is 228 Å². The van der Waals surface area contributed by atoms with E-state index in [1.165, 1.54) is 128 Å². The molecule has 2 aliphatic heterocycles. The van der Waals surface area contributed by atoms with Crippen molar-refractivity contribution in [1.82, 2.24) is 5.32 Å². The summed E-state index contributed by atoms with van der Waals surface area (Å²) in [4.78, 5) is 13.0. The Kier molecular flexibility index (Phi) is 38.2. The predicted molar refractivity (Wildman–Crippen MR) is 272 cm³/mol. The van der Waals surface area contributed by atoms with Gasteiger partial charge >= 0.3 is 0 Å². The molecule has 0 aromatic heterocycles. The van der Waals surface area contributed by atoms with Gasteiger partial charge in [0.1, 0.15) is 48.8 Å². The maximum absolute atomic E-state index is 13.0. The highest BCUT2D eigenvalue weighted by molar-refractivity contribution is 5.76. The number of aliphatic hydroxyl groups excluding tert-OH is 8. The fourth-order valence-electron chi connectivity index (χ4n) is 9.03. The lowest BCUT2D eigenvalue weighted by Crippen LogP contribution is -2.65. The van der Waals surface area contributed by atoms with E-state index < -0.39 is 86.8 Å². The number of hydrogen-bond donors (Lipinski definition) is 9. The third-order valence-corrected chi connectivity index (χ3v) is 13.6. The molecule has 1 amide bonds. The third kappa shape index (κ3) is 28.3. The normalized spacial score (nSPS) is 26.4. The van der Waals surface area contributed by atoms with Gasteiger partial charge in [-0.2, -0.15) is 0 Å². The molecule has 404 valence electrons. The van der Waals surface area contributed by atoms with Crippen molar-refractivity contribution in [3.63, 3.8) is 0 Å². The Labute approximate surface area is 417 Å². The molecule has 0 aromatic rings. The summed E-state index contributed by atoms with van der Waals surface area (Å²) in [5.74, 6) is -0.261. The zero-order valence-electron chi connectivity index (χ0n) is 43.1. The number of ether oxygens (including phenoxy) is 4. The molecule has 12 unspecified atom stereocenters. The van der Waals surface area contributed by atoms with Gasteiger partial charge in [-0.25, -0.2) is 0 Å². The molecule has 2 fully saturated rings. The van der Waals surface area contributed by atoms with Crippen molar-refractivity contribution in [3.8, 4) is 0 Å². The Hall–Kier alpha value is -1.79. The van der Waals surface area contributed by atoms with Gasteiger partial charge in [-0.05, 0) is 44.9 Å². The molecule has 0 saturated carbocycles. The van der Waals surface area contributed by atoms with Gasteiger partial charge in [0.05, 0.1) is 32.0 Å². The van der Waals surface area contributed by atoms with Crippen LogP contribution in [-0.4, -0.2) is 140 Å². The zero-order chi connectivity index (χ0) is 50.3. The van der Waals surface area contributed by atoms with Crippen LogP contribution in [0.5, 0.6) is 0 Å². The number of allylic oxidation sites excluding steroid dienone is 5. The summed E-state index contributed by atoms with van der Waals surface area (Å²) in [6.45, 7) is 2.71. The van der Waals surface area contributed by atoms with Crippen molar-refractivity contribution in [3.05, 3.63) is 36.5 Å². The van der Waals surface area contributed by atoms with E-state index in [0.717, 1.165) is 51.4 Å². The fourth-order valence-corrected chi connectivity index (χ4v) is 9.03. The number of amides is 1. The minimum atomic E-state index is -1.79.